The Kier molecular flexibility index (Phi) is 7.90. The van der Waals surface area contributed by atoms with E-state index < -0.39 is 5.82 Å². The number of nitrogens with zero attached hydrogens (tertiary/aromatic N) is 2. The molecule has 2 aromatic carbocycles. The van der Waals surface area contributed by atoms with Gasteiger partial charge in [-0.15, -0.1) is 11.3 Å². The number of para-hydroxylation sites is 1. The second-order valence-electron chi connectivity index (χ2n) is 8.10. The van der Waals surface area contributed by atoms with Crippen molar-refractivity contribution in [3.8, 4) is 11.8 Å². The lowest BCUT2D eigenvalue weighted by molar-refractivity contribution is 0.0911. The van der Waals surface area contributed by atoms with Crippen LogP contribution in [0.25, 0.3) is 0 Å². The highest BCUT2D eigenvalue weighted by Crippen LogP contribution is 2.21. The van der Waals surface area contributed by atoms with Crippen LogP contribution in [-0.2, 0) is 6.61 Å². The average Bonchev–Trinajstić information content (AvgIpc) is 3.34. The van der Waals surface area contributed by atoms with Crippen molar-refractivity contribution in [2.24, 2.45) is 0 Å². The highest BCUT2D eigenvalue weighted by atomic mass is 32.1. The fourth-order valence-corrected chi connectivity index (χ4v) is 4.55. The third-order valence-electron chi connectivity index (χ3n) is 5.64. The van der Waals surface area contributed by atoms with E-state index in [1.807, 2.05) is 6.07 Å². The normalized spacial score (nSPS) is 17.1. The van der Waals surface area contributed by atoms with E-state index in [1.54, 1.807) is 41.8 Å². The molecule has 1 saturated carbocycles. The topological polar surface area (TPSA) is 116 Å². The lowest BCUT2D eigenvalue weighted by atomic mass is 9.90. The van der Waals surface area contributed by atoms with Gasteiger partial charge in [-0.1, -0.05) is 25.0 Å². The lowest BCUT2D eigenvalue weighted by Gasteiger charge is -2.32. The standard InChI is InChI=1S/C25H24FN5O3S/c26-18-5-1-4-8-22(18)34-14-23-29-21(15-35-23)24(32)30-19-6-2-3-7-20(19)31-25(33)28-17-11-9-16(13-27)10-12-17/h1,4-5,8-12,15,19-20H,2-3,6-7,14H2,(H,30,32)(H2,28,31,33). The van der Waals surface area contributed by atoms with Crippen LogP contribution in [0.5, 0.6) is 5.75 Å². The summed E-state index contributed by atoms with van der Waals surface area (Å²) in [6.45, 7) is 0.0575. The predicted octanol–water partition coefficient (Wildman–Crippen LogP) is 4.60. The molecule has 1 heterocycles. The van der Waals surface area contributed by atoms with Gasteiger partial charge in [0.1, 0.15) is 17.3 Å². The minimum Gasteiger partial charge on any atom is -0.483 e. The Bertz CT molecular complexity index is 1220. The minimum atomic E-state index is -0.457. The fourth-order valence-electron chi connectivity index (χ4n) is 3.87. The number of anilines is 1. The summed E-state index contributed by atoms with van der Waals surface area (Å²) in [5.74, 6) is -0.658. The van der Waals surface area contributed by atoms with Gasteiger partial charge in [0.2, 0.25) is 0 Å². The van der Waals surface area contributed by atoms with Crippen LogP contribution in [0.4, 0.5) is 14.9 Å². The molecule has 180 valence electrons. The summed E-state index contributed by atoms with van der Waals surface area (Å²) in [4.78, 5) is 29.6. The molecule has 0 aliphatic heterocycles. The van der Waals surface area contributed by atoms with Gasteiger partial charge in [-0.3, -0.25) is 4.79 Å². The first kappa shape index (κ1) is 24.2. The SMILES string of the molecule is N#Cc1ccc(NC(=O)NC2CCCCC2NC(=O)c2csc(COc3ccccc3F)n2)cc1. The van der Waals surface area contributed by atoms with E-state index in [1.165, 1.54) is 23.5 Å². The highest BCUT2D eigenvalue weighted by molar-refractivity contribution is 7.09. The highest BCUT2D eigenvalue weighted by Gasteiger charge is 2.28. The zero-order valence-electron chi connectivity index (χ0n) is 18.8. The second-order valence-corrected chi connectivity index (χ2v) is 9.05. The summed E-state index contributed by atoms with van der Waals surface area (Å²) in [7, 11) is 0. The van der Waals surface area contributed by atoms with Gasteiger partial charge in [-0.2, -0.15) is 5.26 Å². The zero-order valence-corrected chi connectivity index (χ0v) is 19.6. The van der Waals surface area contributed by atoms with Crippen molar-refractivity contribution >= 4 is 29.0 Å². The molecular formula is C25H24FN5O3S. The van der Waals surface area contributed by atoms with Gasteiger partial charge in [-0.05, 0) is 49.2 Å². The van der Waals surface area contributed by atoms with Crippen molar-refractivity contribution < 1.29 is 18.7 Å². The largest absolute Gasteiger partial charge is 0.483 e. The number of nitrogens with one attached hydrogen (secondary N) is 3. The number of urea groups is 1. The number of amides is 3. The Morgan fingerprint density at radius 3 is 2.51 bits per heavy atom. The molecule has 1 fully saturated rings. The first-order chi connectivity index (χ1) is 17.0. The number of thiazole rings is 1. The Labute approximate surface area is 206 Å². The van der Waals surface area contributed by atoms with Crippen molar-refractivity contribution in [2.75, 3.05) is 5.32 Å². The monoisotopic (exact) mass is 493 g/mol. The van der Waals surface area contributed by atoms with Crippen molar-refractivity contribution in [1.29, 1.82) is 5.26 Å². The number of rotatable bonds is 7. The molecule has 2 atom stereocenters. The van der Waals surface area contributed by atoms with Crippen molar-refractivity contribution in [3.05, 3.63) is 76.0 Å². The summed E-state index contributed by atoms with van der Waals surface area (Å²) in [5.41, 5.74) is 1.34. The molecular weight excluding hydrogens is 469 g/mol. The summed E-state index contributed by atoms with van der Waals surface area (Å²) >= 11 is 1.26. The third-order valence-corrected chi connectivity index (χ3v) is 6.47. The second kappa shape index (κ2) is 11.4. The first-order valence-corrected chi connectivity index (χ1v) is 12.1. The molecule has 2 unspecified atom stereocenters. The van der Waals surface area contributed by atoms with Crippen LogP contribution < -0.4 is 20.7 Å². The number of nitriles is 1. The number of hydrogen-bond acceptors (Lipinski definition) is 6. The molecule has 0 spiro atoms. The molecule has 10 heteroatoms. The van der Waals surface area contributed by atoms with Crippen LogP contribution in [0.2, 0.25) is 0 Å². The fraction of sp³-hybridized carbons (Fsp3) is 0.280. The predicted molar refractivity (Wildman–Crippen MR) is 130 cm³/mol. The van der Waals surface area contributed by atoms with Gasteiger partial charge in [0, 0.05) is 17.1 Å². The van der Waals surface area contributed by atoms with Crippen LogP contribution in [0.15, 0.2) is 53.9 Å². The van der Waals surface area contributed by atoms with E-state index in [0.717, 1.165) is 25.7 Å². The minimum absolute atomic E-state index is 0.0575. The summed E-state index contributed by atoms with van der Waals surface area (Å²) in [5, 5.41) is 19.8. The molecule has 3 N–H and O–H groups in total. The number of carbonyl (C=O) groups is 2. The maximum absolute atomic E-state index is 13.7. The van der Waals surface area contributed by atoms with Gasteiger partial charge in [-0.25, -0.2) is 14.2 Å². The molecule has 3 aromatic rings. The molecule has 3 amide bonds. The van der Waals surface area contributed by atoms with E-state index in [0.29, 0.717) is 16.3 Å². The third kappa shape index (κ3) is 6.55. The molecule has 0 saturated heterocycles. The number of carbonyl (C=O) groups excluding carboxylic acids is 2. The van der Waals surface area contributed by atoms with E-state index >= 15 is 0 Å². The van der Waals surface area contributed by atoms with Crippen LogP contribution >= 0.6 is 11.3 Å². The van der Waals surface area contributed by atoms with Crippen LogP contribution in [0.1, 0.15) is 46.7 Å². The molecule has 35 heavy (non-hydrogen) atoms. The number of hydrogen-bond donors (Lipinski definition) is 3. The Balaban J connectivity index is 1.31. The van der Waals surface area contributed by atoms with E-state index in [-0.39, 0.29) is 42.1 Å². The molecule has 0 radical (unpaired) electrons. The van der Waals surface area contributed by atoms with Crippen LogP contribution in [0.3, 0.4) is 0 Å². The zero-order chi connectivity index (χ0) is 24.6. The van der Waals surface area contributed by atoms with E-state index in [2.05, 4.69) is 20.9 Å². The van der Waals surface area contributed by atoms with Crippen LogP contribution in [0, 0.1) is 17.1 Å². The Morgan fingerprint density at radius 2 is 1.80 bits per heavy atom. The molecule has 1 aromatic heterocycles. The summed E-state index contributed by atoms with van der Waals surface area (Å²) in [6.07, 6.45) is 3.37. The maximum Gasteiger partial charge on any atom is 0.319 e. The van der Waals surface area contributed by atoms with Crippen LogP contribution in [-0.4, -0.2) is 29.0 Å². The maximum atomic E-state index is 13.7. The first-order valence-electron chi connectivity index (χ1n) is 11.2. The smallest absolute Gasteiger partial charge is 0.319 e. The van der Waals surface area contributed by atoms with E-state index in [9.17, 15) is 14.0 Å². The molecule has 4 rings (SSSR count). The van der Waals surface area contributed by atoms with Gasteiger partial charge in [0.05, 0.1) is 17.7 Å². The molecule has 1 aliphatic carbocycles. The van der Waals surface area contributed by atoms with Gasteiger partial charge in [0.15, 0.2) is 11.6 Å². The van der Waals surface area contributed by atoms with Gasteiger partial charge in [0.25, 0.3) is 5.91 Å². The molecule has 8 nitrogen and oxygen atoms in total. The summed E-state index contributed by atoms with van der Waals surface area (Å²) < 4.78 is 19.2. The van der Waals surface area contributed by atoms with Gasteiger partial charge < -0.3 is 20.7 Å². The van der Waals surface area contributed by atoms with E-state index in [4.69, 9.17) is 10.00 Å². The molecule has 1 aliphatic rings. The Hall–Kier alpha value is -3.97. The summed E-state index contributed by atoms with van der Waals surface area (Å²) in [6, 6.07) is 13.9. The number of ether oxygens (including phenoxy) is 1. The molecule has 0 bridgehead atoms. The lowest BCUT2D eigenvalue weighted by Crippen LogP contribution is -2.54. The van der Waals surface area contributed by atoms with Crippen molar-refractivity contribution in [1.82, 2.24) is 15.6 Å². The van der Waals surface area contributed by atoms with Crippen molar-refractivity contribution in [3.63, 3.8) is 0 Å². The number of benzene rings is 2. The quantitative estimate of drug-likeness (QED) is 0.445. The Morgan fingerprint density at radius 1 is 1.09 bits per heavy atom. The average molecular weight is 494 g/mol. The number of halogens is 1. The van der Waals surface area contributed by atoms with Crippen molar-refractivity contribution in [2.45, 2.75) is 44.4 Å². The van der Waals surface area contributed by atoms with Gasteiger partial charge >= 0.3 is 6.03 Å². The number of aromatic nitrogens is 1.